The number of benzene rings is 1. The average molecular weight is 222 g/mol. The van der Waals surface area contributed by atoms with Crippen LogP contribution in [0.1, 0.15) is 44.7 Å². The topological polar surface area (TPSA) is 0 Å². The van der Waals surface area contributed by atoms with Crippen LogP contribution in [0.25, 0.3) is 0 Å². The maximum absolute atomic E-state index is 2.35. The third-order valence-corrected chi connectivity index (χ3v) is 3.78. The molecule has 0 fully saturated rings. The van der Waals surface area contributed by atoms with Crippen molar-refractivity contribution >= 4 is 11.8 Å². The number of rotatable bonds is 5. The second-order valence-electron chi connectivity index (χ2n) is 4.81. The van der Waals surface area contributed by atoms with Crippen LogP contribution in [0.5, 0.6) is 0 Å². The van der Waals surface area contributed by atoms with E-state index in [0.717, 1.165) is 11.7 Å². The highest BCUT2D eigenvalue weighted by Crippen LogP contribution is 2.20. The highest BCUT2D eigenvalue weighted by molar-refractivity contribution is 7.98. The fraction of sp³-hybridized carbons (Fsp3) is 0.571. The highest BCUT2D eigenvalue weighted by atomic mass is 32.2. The van der Waals surface area contributed by atoms with Crippen LogP contribution in [0.3, 0.4) is 0 Å². The molecule has 0 nitrogen and oxygen atoms in total. The van der Waals surface area contributed by atoms with E-state index in [4.69, 9.17) is 0 Å². The molecule has 0 unspecified atom stereocenters. The summed E-state index contributed by atoms with van der Waals surface area (Å²) in [7, 11) is 0. The largest absolute Gasteiger partial charge is 0.157 e. The second-order valence-corrected chi connectivity index (χ2v) is 5.84. The second kappa shape index (κ2) is 6.22. The van der Waals surface area contributed by atoms with Gasteiger partial charge in [-0.15, -0.1) is 0 Å². The van der Waals surface area contributed by atoms with Gasteiger partial charge in [0.05, 0.1) is 0 Å². The maximum Gasteiger partial charge on any atom is 0.0184 e. The Morgan fingerprint density at radius 2 is 1.87 bits per heavy atom. The van der Waals surface area contributed by atoms with E-state index < -0.39 is 0 Å². The summed E-state index contributed by atoms with van der Waals surface area (Å²) in [6.07, 6.45) is 0. The minimum Gasteiger partial charge on any atom is -0.157 e. The molecule has 0 amide bonds. The fourth-order valence-corrected chi connectivity index (χ4v) is 2.46. The van der Waals surface area contributed by atoms with Crippen molar-refractivity contribution in [2.45, 2.75) is 39.4 Å². The standard InChI is InChI=1S/C14H22S/c1-11(2)9-15-10-13-6-5-7-14(8-13)12(3)4/h5-8,11-12H,9-10H2,1-4H3. The smallest absolute Gasteiger partial charge is 0.0184 e. The summed E-state index contributed by atoms with van der Waals surface area (Å²) in [5.74, 6) is 3.84. The van der Waals surface area contributed by atoms with Crippen molar-refractivity contribution in [3.63, 3.8) is 0 Å². The molecule has 0 aliphatic carbocycles. The van der Waals surface area contributed by atoms with Crippen molar-refractivity contribution in [1.29, 1.82) is 0 Å². The van der Waals surface area contributed by atoms with E-state index >= 15 is 0 Å². The molecule has 0 aliphatic heterocycles. The van der Waals surface area contributed by atoms with Gasteiger partial charge in [0.1, 0.15) is 0 Å². The molecular weight excluding hydrogens is 200 g/mol. The quantitative estimate of drug-likeness (QED) is 0.696. The molecule has 0 heterocycles. The van der Waals surface area contributed by atoms with Crippen LogP contribution in [0, 0.1) is 5.92 Å². The van der Waals surface area contributed by atoms with E-state index in [9.17, 15) is 0 Å². The predicted molar refractivity (Wildman–Crippen MR) is 71.5 cm³/mol. The Morgan fingerprint density at radius 1 is 1.13 bits per heavy atom. The fourth-order valence-electron chi connectivity index (χ4n) is 1.45. The predicted octanol–water partition coefficient (Wildman–Crippen LogP) is 4.70. The number of thioether (sulfide) groups is 1. The van der Waals surface area contributed by atoms with Gasteiger partial charge in [-0.25, -0.2) is 0 Å². The molecule has 1 heteroatoms. The molecule has 1 rings (SSSR count). The number of hydrogen-bond acceptors (Lipinski definition) is 1. The Balaban J connectivity index is 2.50. The van der Waals surface area contributed by atoms with Gasteiger partial charge in [0, 0.05) is 5.75 Å². The zero-order valence-corrected chi connectivity index (χ0v) is 11.1. The third-order valence-electron chi connectivity index (χ3n) is 2.34. The molecule has 0 spiro atoms. The van der Waals surface area contributed by atoms with E-state index in [2.05, 4.69) is 52.0 Å². The first kappa shape index (κ1) is 12.6. The first-order chi connectivity index (χ1) is 7.09. The minimum atomic E-state index is 0.639. The molecule has 0 saturated heterocycles. The summed E-state index contributed by atoms with van der Waals surface area (Å²) in [4.78, 5) is 0. The van der Waals surface area contributed by atoms with Gasteiger partial charge in [-0.2, -0.15) is 11.8 Å². The van der Waals surface area contributed by atoms with Crippen LogP contribution in [-0.4, -0.2) is 5.75 Å². The SMILES string of the molecule is CC(C)CSCc1cccc(C(C)C)c1. The van der Waals surface area contributed by atoms with E-state index in [0.29, 0.717) is 5.92 Å². The van der Waals surface area contributed by atoms with Gasteiger partial charge in [-0.1, -0.05) is 52.0 Å². The lowest BCUT2D eigenvalue weighted by molar-refractivity contribution is 0.750. The molecule has 0 bridgehead atoms. The maximum atomic E-state index is 2.35. The van der Waals surface area contributed by atoms with E-state index in [1.807, 2.05) is 11.8 Å². The van der Waals surface area contributed by atoms with Crippen molar-refractivity contribution in [2.75, 3.05) is 5.75 Å². The van der Waals surface area contributed by atoms with Crippen molar-refractivity contribution in [3.05, 3.63) is 35.4 Å². The minimum absolute atomic E-state index is 0.639. The Hall–Kier alpha value is -0.430. The molecule has 0 aromatic heterocycles. The summed E-state index contributed by atoms with van der Waals surface area (Å²) in [5, 5.41) is 0. The van der Waals surface area contributed by atoms with Crippen LogP contribution in [0.15, 0.2) is 24.3 Å². The first-order valence-corrected chi connectivity index (χ1v) is 6.91. The lowest BCUT2D eigenvalue weighted by Gasteiger charge is -2.08. The first-order valence-electron chi connectivity index (χ1n) is 5.76. The highest BCUT2D eigenvalue weighted by Gasteiger charge is 2.01. The molecule has 0 radical (unpaired) electrons. The van der Waals surface area contributed by atoms with Gasteiger partial charge in [0.15, 0.2) is 0 Å². The molecule has 0 atom stereocenters. The normalized spacial score (nSPS) is 11.3. The van der Waals surface area contributed by atoms with Gasteiger partial charge in [0.25, 0.3) is 0 Å². The molecule has 0 saturated carbocycles. The molecule has 84 valence electrons. The summed E-state index contributed by atoms with van der Waals surface area (Å²) in [6, 6.07) is 8.99. The van der Waals surface area contributed by atoms with Gasteiger partial charge >= 0.3 is 0 Å². The van der Waals surface area contributed by atoms with Gasteiger partial charge in [0.2, 0.25) is 0 Å². The number of hydrogen-bond donors (Lipinski definition) is 0. The van der Waals surface area contributed by atoms with Gasteiger partial charge in [-0.3, -0.25) is 0 Å². The molecule has 1 aromatic carbocycles. The van der Waals surface area contributed by atoms with Gasteiger partial charge in [-0.05, 0) is 28.7 Å². The third kappa shape index (κ3) is 4.74. The van der Waals surface area contributed by atoms with E-state index in [1.54, 1.807) is 0 Å². The molecule has 15 heavy (non-hydrogen) atoms. The van der Waals surface area contributed by atoms with Crippen LogP contribution < -0.4 is 0 Å². The van der Waals surface area contributed by atoms with Crippen LogP contribution in [-0.2, 0) is 5.75 Å². The zero-order valence-electron chi connectivity index (χ0n) is 10.3. The summed E-state index contributed by atoms with van der Waals surface area (Å²) >= 11 is 2.03. The molecule has 0 N–H and O–H groups in total. The summed E-state index contributed by atoms with van der Waals surface area (Å²) < 4.78 is 0. The van der Waals surface area contributed by atoms with Gasteiger partial charge < -0.3 is 0 Å². The Labute approximate surface area is 98.5 Å². The van der Waals surface area contributed by atoms with Crippen molar-refractivity contribution < 1.29 is 0 Å². The molecular formula is C14H22S. The lowest BCUT2D eigenvalue weighted by Crippen LogP contribution is -1.93. The Kier molecular flexibility index (Phi) is 5.24. The summed E-state index contributed by atoms with van der Waals surface area (Å²) in [5.41, 5.74) is 2.92. The van der Waals surface area contributed by atoms with Crippen molar-refractivity contribution in [2.24, 2.45) is 5.92 Å². The van der Waals surface area contributed by atoms with E-state index in [-0.39, 0.29) is 0 Å². The van der Waals surface area contributed by atoms with Crippen LogP contribution >= 0.6 is 11.8 Å². The Morgan fingerprint density at radius 3 is 2.47 bits per heavy atom. The van der Waals surface area contributed by atoms with E-state index in [1.165, 1.54) is 16.9 Å². The van der Waals surface area contributed by atoms with Crippen molar-refractivity contribution in [1.82, 2.24) is 0 Å². The molecule has 0 aliphatic rings. The Bertz CT molecular complexity index is 289. The zero-order chi connectivity index (χ0) is 11.3. The van der Waals surface area contributed by atoms with Crippen molar-refractivity contribution in [3.8, 4) is 0 Å². The van der Waals surface area contributed by atoms with Crippen LogP contribution in [0.2, 0.25) is 0 Å². The average Bonchev–Trinajstić information content (AvgIpc) is 2.17. The summed E-state index contributed by atoms with van der Waals surface area (Å²) in [6.45, 7) is 9.05. The van der Waals surface area contributed by atoms with Crippen LogP contribution in [0.4, 0.5) is 0 Å². The molecule has 1 aromatic rings. The monoisotopic (exact) mass is 222 g/mol. The lowest BCUT2D eigenvalue weighted by atomic mass is 10.0.